The summed E-state index contributed by atoms with van der Waals surface area (Å²) in [4.78, 5) is 0. The van der Waals surface area contributed by atoms with E-state index in [1.807, 2.05) is 6.07 Å². The Kier molecular flexibility index (Phi) is 9.76. The van der Waals surface area contributed by atoms with E-state index in [1.165, 1.54) is 53.5 Å². The fourth-order valence-corrected chi connectivity index (χ4v) is 5.57. The summed E-state index contributed by atoms with van der Waals surface area (Å²) in [6.07, 6.45) is 18.5. The van der Waals surface area contributed by atoms with E-state index < -0.39 is 0 Å². The second kappa shape index (κ2) is 13.4. The van der Waals surface area contributed by atoms with Crippen molar-refractivity contribution in [2.24, 2.45) is 0 Å². The zero-order chi connectivity index (χ0) is 26.9. The standard InChI is InChI=1S/C33H42NO4/c1-6-8-10-12-13-15-26-25-16-17-29(35-3)33(37-5)28(25)23-34-19-18-24-21-31(38-20-14-11-9-7-2)30(36-4)22-27(24)32(26)34/h2,16-17,21-23H,6,8-15,18-20H2,1,3-5H3/q+1. The lowest BCUT2D eigenvalue weighted by atomic mass is 9.89. The lowest BCUT2D eigenvalue weighted by molar-refractivity contribution is -0.686. The Labute approximate surface area is 228 Å². The summed E-state index contributed by atoms with van der Waals surface area (Å²) in [5.41, 5.74) is 5.18. The van der Waals surface area contributed by atoms with Crippen LogP contribution in [0.1, 0.15) is 69.4 Å². The summed E-state index contributed by atoms with van der Waals surface area (Å²) in [5, 5.41) is 2.33. The second-order valence-electron chi connectivity index (χ2n) is 10.00. The van der Waals surface area contributed by atoms with Crippen molar-refractivity contribution in [2.75, 3.05) is 27.9 Å². The number of benzene rings is 2. The van der Waals surface area contributed by atoms with E-state index in [9.17, 15) is 0 Å². The summed E-state index contributed by atoms with van der Waals surface area (Å²) in [6, 6.07) is 8.57. The van der Waals surface area contributed by atoms with Crippen molar-refractivity contribution < 1.29 is 23.5 Å². The van der Waals surface area contributed by atoms with Gasteiger partial charge in [-0.1, -0.05) is 32.6 Å². The van der Waals surface area contributed by atoms with E-state index in [4.69, 9.17) is 25.4 Å². The molecule has 1 aliphatic heterocycles. The highest BCUT2D eigenvalue weighted by molar-refractivity contribution is 5.95. The van der Waals surface area contributed by atoms with Gasteiger partial charge in [0.15, 0.2) is 35.7 Å². The third-order valence-corrected chi connectivity index (χ3v) is 7.54. The number of terminal acetylenes is 1. The van der Waals surface area contributed by atoms with Crippen LogP contribution in [0.25, 0.3) is 22.0 Å². The maximum Gasteiger partial charge on any atom is 0.216 e. The van der Waals surface area contributed by atoms with Gasteiger partial charge in [-0.3, -0.25) is 0 Å². The maximum absolute atomic E-state index is 6.16. The summed E-state index contributed by atoms with van der Waals surface area (Å²) in [7, 11) is 5.14. The molecule has 0 unspecified atom stereocenters. The molecule has 0 aliphatic carbocycles. The molecule has 0 saturated carbocycles. The largest absolute Gasteiger partial charge is 0.493 e. The van der Waals surface area contributed by atoms with Gasteiger partial charge in [-0.05, 0) is 55.5 Å². The lowest BCUT2D eigenvalue weighted by Crippen LogP contribution is -2.41. The first-order chi connectivity index (χ1) is 18.7. The second-order valence-corrected chi connectivity index (χ2v) is 10.00. The van der Waals surface area contributed by atoms with Gasteiger partial charge in [-0.2, -0.15) is 4.57 Å². The van der Waals surface area contributed by atoms with Crippen LogP contribution in [0.5, 0.6) is 23.0 Å². The molecule has 0 radical (unpaired) electrons. The predicted molar refractivity (Wildman–Crippen MR) is 154 cm³/mol. The molecule has 4 rings (SSSR count). The molecule has 2 aromatic carbocycles. The molecule has 0 amide bonds. The van der Waals surface area contributed by atoms with Gasteiger partial charge >= 0.3 is 0 Å². The van der Waals surface area contributed by atoms with Crippen LogP contribution in [0.2, 0.25) is 0 Å². The number of fused-ring (bicyclic) bond motifs is 4. The number of aromatic nitrogens is 1. The fraction of sp³-hybridized carbons (Fsp3) is 0.485. The summed E-state index contributed by atoms with van der Waals surface area (Å²) < 4.78 is 25.9. The number of nitrogens with zero attached hydrogens (tertiary/aromatic N) is 1. The minimum atomic E-state index is 0.636. The summed E-state index contributed by atoms with van der Waals surface area (Å²) in [6.45, 7) is 3.80. The van der Waals surface area contributed by atoms with Crippen LogP contribution in [-0.2, 0) is 19.4 Å². The van der Waals surface area contributed by atoms with Gasteiger partial charge in [0.05, 0.1) is 38.9 Å². The molecule has 3 aromatic rings. The molecule has 0 N–H and O–H groups in total. The number of unbranched alkanes of at least 4 members (excludes halogenated alkanes) is 6. The van der Waals surface area contributed by atoms with Gasteiger partial charge in [0, 0.05) is 23.8 Å². The van der Waals surface area contributed by atoms with Gasteiger partial charge in [-0.15, -0.1) is 12.3 Å². The highest BCUT2D eigenvalue weighted by atomic mass is 16.5. The molecule has 1 aliphatic rings. The van der Waals surface area contributed by atoms with E-state index in [2.05, 4.69) is 41.8 Å². The van der Waals surface area contributed by atoms with Gasteiger partial charge in [0.2, 0.25) is 5.69 Å². The molecule has 0 saturated heterocycles. The van der Waals surface area contributed by atoms with Gasteiger partial charge in [0.25, 0.3) is 0 Å². The first-order valence-corrected chi connectivity index (χ1v) is 14.0. The van der Waals surface area contributed by atoms with Crippen molar-refractivity contribution in [3.8, 4) is 46.6 Å². The molecule has 2 heterocycles. The molecule has 0 fully saturated rings. The summed E-state index contributed by atoms with van der Waals surface area (Å²) in [5.74, 6) is 5.84. The van der Waals surface area contributed by atoms with Crippen LogP contribution in [0, 0.1) is 12.3 Å². The number of rotatable bonds is 14. The Balaban J connectivity index is 1.79. The average molecular weight is 517 g/mol. The average Bonchev–Trinajstić information content (AvgIpc) is 2.95. The molecular formula is C33H42NO4+. The van der Waals surface area contributed by atoms with Crippen LogP contribution >= 0.6 is 0 Å². The normalized spacial score (nSPS) is 12.0. The van der Waals surface area contributed by atoms with E-state index in [0.29, 0.717) is 6.61 Å². The lowest BCUT2D eigenvalue weighted by Gasteiger charge is -2.22. The van der Waals surface area contributed by atoms with Crippen LogP contribution in [0.15, 0.2) is 30.5 Å². The fourth-order valence-electron chi connectivity index (χ4n) is 5.57. The van der Waals surface area contributed by atoms with Crippen LogP contribution in [0.3, 0.4) is 0 Å². The van der Waals surface area contributed by atoms with Crippen molar-refractivity contribution in [3.63, 3.8) is 0 Å². The van der Waals surface area contributed by atoms with Crippen molar-refractivity contribution >= 4 is 10.8 Å². The van der Waals surface area contributed by atoms with E-state index in [1.54, 1.807) is 21.3 Å². The third-order valence-electron chi connectivity index (χ3n) is 7.54. The Bertz CT molecular complexity index is 1290. The first kappa shape index (κ1) is 27.6. The monoisotopic (exact) mass is 516 g/mol. The molecule has 5 nitrogen and oxygen atoms in total. The molecular weight excluding hydrogens is 474 g/mol. The third kappa shape index (κ3) is 5.85. The molecule has 38 heavy (non-hydrogen) atoms. The number of pyridine rings is 1. The smallest absolute Gasteiger partial charge is 0.216 e. The Morgan fingerprint density at radius 2 is 1.68 bits per heavy atom. The number of ether oxygens (including phenoxy) is 4. The predicted octanol–water partition coefficient (Wildman–Crippen LogP) is 7.07. The zero-order valence-electron chi connectivity index (χ0n) is 23.5. The first-order valence-electron chi connectivity index (χ1n) is 14.0. The topological polar surface area (TPSA) is 40.8 Å². The zero-order valence-corrected chi connectivity index (χ0v) is 23.5. The maximum atomic E-state index is 6.16. The number of hydrogen-bond donors (Lipinski definition) is 0. The van der Waals surface area contributed by atoms with Gasteiger partial charge in [0.1, 0.15) is 0 Å². The number of aryl methyl sites for hydroxylation is 3. The number of methoxy groups -OCH3 is 3. The van der Waals surface area contributed by atoms with Crippen LogP contribution in [0.4, 0.5) is 0 Å². The highest BCUT2D eigenvalue weighted by Crippen LogP contribution is 2.43. The molecule has 202 valence electrons. The quantitative estimate of drug-likeness (QED) is 0.131. The minimum absolute atomic E-state index is 0.636. The van der Waals surface area contributed by atoms with Crippen LogP contribution < -0.4 is 23.5 Å². The Hall–Kier alpha value is -3.39. The summed E-state index contributed by atoms with van der Waals surface area (Å²) >= 11 is 0. The highest BCUT2D eigenvalue weighted by Gasteiger charge is 2.31. The Morgan fingerprint density at radius 3 is 2.42 bits per heavy atom. The van der Waals surface area contributed by atoms with Crippen molar-refractivity contribution in [3.05, 3.63) is 41.6 Å². The van der Waals surface area contributed by atoms with E-state index >= 15 is 0 Å². The van der Waals surface area contributed by atoms with E-state index in [-0.39, 0.29) is 0 Å². The molecule has 0 spiro atoms. The minimum Gasteiger partial charge on any atom is -0.493 e. The van der Waals surface area contributed by atoms with Gasteiger partial charge in [-0.25, -0.2) is 0 Å². The van der Waals surface area contributed by atoms with Crippen molar-refractivity contribution in [1.29, 1.82) is 0 Å². The SMILES string of the molecule is C#CCCCCOc1cc2c(cc1OC)-c1c(CCCCCCC)c3ccc(OC)c(OC)c3c[n+]1CC2. The van der Waals surface area contributed by atoms with Crippen LogP contribution in [-0.4, -0.2) is 27.9 Å². The van der Waals surface area contributed by atoms with Crippen molar-refractivity contribution in [1.82, 2.24) is 0 Å². The molecule has 1 aromatic heterocycles. The molecule has 0 bridgehead atoms. The van der Waals surface area contributed by atoms with Crippen molar-refractivity contribution in [2.45, 2.75) is 77.7 Å². The van der Waals surface area contributed by atoms with Gasteiger partial charge < -0.3 is 18.9 Å². The molecule has 0 atom stereocenters. The number of hydrogen-bond acceptors (Lipinski definition) is 4. The molecule has 5 heteroatoms. The Morgan fingerprint density at radius 1 is 0.868 bits per heavy atom. The van der Waals surface area contributed by atoms with E-state index in [0.717, 1.165) is 73.5 Å².